The quantitative estimate of drug-likeness (QED) is 0.820. The molecule has 1 atom stereocenters. The molecule has 1 fully saturated rings. The number of carbonyl (C=O) groups excluding carboxylic acids is 3. The van der Waals surface area contributed by atoms with E-state index in [1.807, 2.05) is 0 Å². The highest BCUT2D eigenvalue weighted by atomic mass is 19.1. The van der Waals surface area contributed by atoms with Gasteiger partial charge in [0.05, 0.1) is 18.6 Å². The molecule has 0 bridgehead atoms. The van der Waals surface area contributed by atoms with Gasteiger partial charge >= 0.3 is 5.97 Å². The number of ether oxygens (including phenoxy) is 1. The first-order valence-electron chi connectivity index (χ1n) is 8.49. The Bertz CT molecular complexity index is 867. The molecule has 0 spiro atoms. The summed E-state index contributed by atoms with van der Waals surface area (Å²) < 4.78 is 17.6. The van der Waals surface area contributed by atoms with E-state index in [2.05, 4.69) is 5.32 Å². The normalized spacial score (nSPS) is 16.3. The SMILES string of the molecule is COC(=O)c1cccc(N2CC(C(=O)NCc3ccc(F)cc3)CC2=O)c1. The topological polar surface area (TPSA) is 75.7 Å². The summed E-state index contributed by atoms with van der Waals surface area (Å²) >= 11 is 0. The smallest absolute Gasteiger partial charge is 0.337 e. The zero-order valence-corrected chi connectivity index (χ0v) is 14.8. The van der Waals surface area contributed by atoms with Gasteiger partial charge in [-0.2, -0.15) is 0 Å². The molecule has 1 N–H and O–H groups in total. The summed E-state index contributed by atoms with van der Waals surface area (Å²) in [6.45, 7) is 0.500. The molecule has 140 valence electrons. The van der Waals surface area contributed by atoms with Gasteiger partial charge in [-0.25, -0.2) is 9.18 Å². The van der Waals surface area contributed by atoms with Crippen molar-refractivity contribution < 1.29 is 23.5 Å². The maximum Gasteiger partial charge on any atom is 0.337 e. The molecule has 2 aromatic rings. The van der Waals surface area contributed by atoms with Crippen LogP contribution in [0.4, 0.5) is 10.1 Å². The lowest BCUT2D eigenvalue weighted by Crippen LogP contribution is -2.32. The molecule has 1 unspecified atom stereocenters. The van der Waals surface area contributed by atoms with Gasteiger partial charge in [0.25, 0.3) is 0 Å². The summed E-state index contributed by atoms with van der Waals surface area (Å²) in [7, 11) is 1.29. The van der Waals surface area contributed by atoms with Gasteiger partial charge in [0.15, 0.2) is 0 Å². The Balaban J connectivity index is 1.63. The molecule has 0 saturated carbocycles. The molecule has 1 aliphatic heterocycles. The van der Waals surface area contributed by atoms with Crippen LogP contribution in [0.15, 0.2) is 48.5 Å². The number of hydrogen-bond acceptors (Lipinski definition) is 4. The van der Waals surface area contributed by atoms with Crippen molar-refractivity contribution in [2.75, 3.05) is 18.6 Å². The molecular weight excluding hydrogens is 351 g/mol. The molecule has 27 heavy (non-hydrogen) atoms. The second kappa shape index (κ2) is 7.99. The Morgan fingerprint density at radius 1 is 1.22 bits per heavy atom. The summed E-state index contributed by atoms with van der Waals surface area (Å²) in [5.41, 5.74) is 1.67. The predicted molar refractivity (Wildman–Crippen MR) is 96.5 cm³/mol. The average Bonchev–Trinajstić information content (AvgIpc) is 3.08. The van der Waals surface area contributed by atoms with Crippen LogP contribution < -0.4 is 10.2 Å². The lowest BCUT2D eigenvalue weighted by Gasteiger charge is -2.17. The van der Waals surface area contributed by atoms with Crippen LogP contribution in [0.5, 0.6) is 0 Å². The Morgan fingerprint density at radius 3 is 2.67 bits per heavy atom. The number of methoxy groups -OCH3 is 1. The molecule has 7 heteroatoms. The summed E-state index contributed by atoms with van der Waals surface area (Å²) in [4.78, 5) is 37.9. The Morgan fingerprint density at radius 2 is 1.96 bits per heavy atom. The van der Waals surface area contributed by atoms with Crippen molar-refractivity contribution in [2.24, 2.45) is 5.92 Å². The first-order valence-corrected chi connectivity index (χ1v) is 8.49. The summed E-state index contributed by atoms with van der Waals surface area (Å²) in [5, 5.41) is 2.78. The molecule has 2 amide bonds. The molecule has 6 nitrogen and oxygen atoms in total. The summed E-state index contributed by atoms with van der Waals surface area (Å²) in [6.07, 6.45) is 0.0949. The third kappa shape index (κ3) is 4.31. The molecular formula is C20H19FN2O4. The average molecular weight is 370 g/mol. The first kappa shape index (κ1) is 18.6. The zero-order valence-electron chi connectivity index (χ0n) is 14.8. The number of nitrogens with zero attached hydrogens (tertiary/aromatic N) is 1. The molecule has 0 aliphatic carbocycles. The number of anilines is 1. The van der Waals surface area contributed by atoms with Gasteiger partial charge in [0.2, 0.25) is 11.8 Å². The van der Waals surface area contributed by atoms with Gasteiger partial charge in [-0.1, -0.05) is 18.2 Å². The second-order valence-electron chi connectivity index (χ2n) is 6.29. The van der Waals surface area contributed by atoms with E-state index in [1.165, 1.54) is 24.1 Å². The van der Waals surface area contributed by atoms with E-state index in [4.69, 9.17) is 4.74 Å². The minimum absolute atomic E-state index is 0.0949. The van der Waals surface area contributed by atoms with E-state index >= 15 is 0 Å². The fraction of sp³-hybridized carbons (Fsp3) is 0.250. The number of halogens is 1. The predicted octanol–water partition coefficient (Wildman–Crippen LogP) is 2.28. The van der Waals surface area contributed by atoms with E-state index < -0.39 is 11.9 Å². The highest BCUT2D eigenvalue weighted by Crippen LogP contribution is 2.26. The van der Waals surface area contributed by atoms with Gasteiger partial charge in [-0.3, -0.25) is 9.59 Å². The number of rotatable bonds is 5. The van der Waals surface area contributed by atoms with Crippen molar-refractivity contribution in [2.45, 2.75) is 13.0 Å². The minimum Gasteiger partial charge on any atom is -0.465 e. The Hall–Kier alpha value is -3.22. The van der Waals surface area contributed by atoms with Crippen LogP contribution in [0.3, 0.4) is 0 Å². The number of amides is 2. The van der Waals surface area contributed by atoms with Crippen molar-refractivity contribution in [3.63, 3.8) is 0 Å². The van der Waals surface area contributed by atoms with Crippen molar-refractivity contribution in [1.29, 1.82) is 0 Å². The van der Waals surface area contributed by atoms with Crippen molar-refractivity contribution in [1.82, 2.24) is 5.32 Å². The van der Waals surface area contributed by atoms with Crippen LogP contribution in [0.2, 0.25) is 0 Å². The second-order valence-corrected chi connectivity index (χ2v) is 6.29. The van der Waals surface area contributed by atoms with Gasteiger partial charge in [0.1, 0.15) is 5.82 Å². The number of benzene rings is 2. The Kier molecular flexibility index (Phi) is 5.49. The lowest BCUT2D eigenvalue weighted by atomic mass is 10.1. The largest absolute Gasteiger partial charge is 0.465 e. The lowest BCUT2D eigenvalue weighted by molar-refractivity contribution is -0.126. The fourth-order valence-electron chi connectivity index (χ4n) is 2.99. The zero-order chi connectivity index (χ0) is 19.4. The maximum absolute atomic E-state index is 12.9. The molecule has 1 heterocycles. The van der Waals surface area contributed by atoms with E-state index in [0.29, 0.717) is 11.3 Å². The Labute approximate surface area is 155 Å². The number of hydrogen-bond donors (Lipinski definition) is 1. The minimum atomic E-state index is -0.489. The molecule has 1 aliphatic rings. The van der Waals surface area contributed by atoms with Crippen LogP contribution in [0.1, 0.15) is 22.3 Å². The molecule has 1 saturated heterocycles. The highest BCUT2D eigenvalue weighted by molar-refractivity contribution is 6.01. The summed E-state index contributed by atoms with van der Waals surface area (Å²) in [6, 6.07) is 12.4. The van der Waals surface area contributed by atoms with Crippen LogP contribution in [0, 0.1) is 11.7 Å². The van der Waals surface area contributed by atoms with E-state index in [0.717, 1.165) is 5.56 Å². The van der Waals surface area contributed by atoms with Crippen LogP contribution in [0.25, 0.3) is 0 Å². The van der Waals surface area contributed by atoms with Gasteiger partial charge in [-0.05, 0) is 35.9 Å². The molecule has 0 aromatic heterocycles. The monoisotopic (exact) mass is 370 g/mol. The molecule has 0 radical (unpaired) electrons. The third-order valence-electron chi connectivity index (χ3n) is 4.45. The molecule has 2 aromatic carbocycles. The van der Waals surface area contributed by atoms with Gasteiger partial charge in [0, 0.05) is 25.2 Å². The molecule has 3 rings (SSSR count). The summed E-state index contributed by atoms with van der Waals surface area (Å²) in [5.74, 6) is -1.73. The van der Waals surface area contributed by atoms with Gasteiger partial charge in [-0.15, -0.1) is 0 Å². The third-order valence-corrected chi connectivity index (χ3v) is 4.45. The highest BCUT2D eigenvalue weighted by Gasteiger charge is 2.35. The number of nitrogens with one attached hydrogen (secondary N) is 1. The number of esters is 1. The standard InChI is InChI=1S/C20H19FN2O4/c1-27-20(26)14-3-2-4-17(9-14)23-12-15(10-18(23)24)19(25)22-11-13-5-7-16(21)8-6-13/h2-9,15H,10-12H2,1H3,(H,22,25). The van der Waals surface area contributed by atoms with Crippen molar-refractivity contribution >= 4 is 23.5 Å². The first-order chi connectivity index (χ1) is 13.0. The van der Waals surface area contributed by atoms with E-state index in [9.17, 15) is 18.8 Å². The van der Waals surface area contributed by atoms with Gasteiger partial charge < -0.3 is 15.0 Å². The van der Waals surface area contributed by atoms with Crippen LogP contribution >= 0.6 is 0 Å². The maximum atomic E-state index is 12.9. The van der Waals surface area contributed by atoms with E-state index in [-0.39, 0.29) is 37.1 Å². The van der Waals surface area contributed by atoms with Crippen molar-refractivity contribution in [3.05, 3.63) is 65.5 Å². The van der Waals surface area contributed by atoms with Crippen molar-refractivity contribution in [3.8, 4) is 0 Å². The fourth-order valence-corrected chi connectivity index (χ4v) is 2.99. The van der Waals surface area contributed by atoms with E-state index in [1.54, 1.807) is 36.4 Å². The van der Waals surface area contributed by atoms with Crippen LogP contribution in [-0.4, -0.2) is 31.4 Å². The number of carbonyl (C=O) groups is 3. The van der Waals surface area contributed by atoms with Crippen LogP contribution in [-0.2, 0) is 20.9 Å².